The van der Waals surface area contributed by atoms with E-state index in [1.54, 1.807) is 0 Å². The van der Waals surface area contributed by atoms with E-state index in [2.05, 4.69) is 149 Å². The highest BCUT2D eigenvalue weighted by atomic mass is 79.9. The minimum absolute atomic E-state index is 0.272. The summed E-state index contributed by atoms with van der Waals surface area (Å²) in [5, 5.41) is 0.310. The van der Waals surface area contributed by atoms with Gasteiger partial charge in [0.1, 0.15) is 0 Å². The molecule has 0 amide bonds. The average molecular weight is 824 g/mol. The third-order valence-corrected chi connectivity index (χ3v) is 16.1. The Hall–Kier alpha value is -0.710. The molecule has 0 saturated heterocycles. The smallest absolute Gasteiger partial charge is 0.0663 e. The summed E-state index contributed by atoms with van der Waals surface area (Å²) in [5.41, 5.74) is 5.07. The van der Waals surface area contributed by atoms with Crippen LogP contribution in [0.5, 0.6) is 0 Å². The lowest BCUT2D eigenvalue weighted by Gasteiger charge is -2.18. The maximum atomic E-state index is 4.05. The molecular weight excluding hydrogens is 808 g/mol. The van der Waals surface area contributed by atoms with Crippen molar-refractivity contribution < 1.29 is 0 Å². The predicted molar refractivity (Wildman–Crippen MR) is 184 cm³/mol. The van der Waals surface area contributed by atoms with Crippen LogP contribution in [0.1, 0.15) is 20.5 Å². The molecular formula is C30H16Br4S4. The van der Waals surface area contributed by atoms with E-state index in [4.69, 9.17) is 0 Å². The number of thioether (sulfide) groups is 1. The van der Waals surface area contributed by atoms with E-state index in [1.807, 2.05) is 45.8 Å². The van der Waals surface area contributed by atoms with Crippen LogP contribution in [0, 0.1) is 0 Å². The maximum absolute atomic E-state index is 4.05. The molecule has 8 heteroatoms. The highest BCUT2D eigenvalue weighted by Gasteiger charge is 2.36. The Balaban J connectivity index is 1.20. The fraction of sp³-hybridized carbons (Fsp3) is 0.0667. The highest BCUT2D eigenvalue weighted by Crippen LogP contribution is 2.62. The van der Waals surface area contributed by atoms with Gasteiger partial charge in [-0.15, -0.1) is 45.8 Å². The lowest BCUT2D eigenvalue weighted by molar-refractivity contribution is 0.951. The first-order valence-corrected chi connectivity index (χ1v) is 18.4. The molecule has 0 N–H and O–H groups in total. The lowest BCUT2D eigenvalue weighted by atomic mass is 10.1. The van der Waals surface area contributed by atoms with Crippen LogP contribution in [0.2, 0.25) is 0 Å². The van der Waals surface area contributed by atoms with Crippen molar-refractivity contribution in [2.24, 2.45) is 0 Å². The van der Waals surface area contributed by atoms with Gasteiger partial charge in [0.25, 0.3) is 0 Å². The van der Waals surface area contributed by atoms with Crippen molar-refractivity contribution in [3.63, 3.8) is 0 Å². The van der Waals surface area contributed by atoms with Crippen molar-refractivity contribution in [1.29, 1.82) is 0 Å². The Bertz CT molecular complexity index is 1800. The molecule has 38 heavy (non-hydrogen) atoms. The molecule has 1 aliphatic rings. The van der Waals surface area contributed by atoms with Crippen LogP contribution < -0.4 is 0 Å². The van der Waals surface area contributed by atoms with Crippen molar-refractivity contribution in [3.8, 4) is 31.3 Å². The van der Waals surface area contributed by atoms with Crippen LogP contribution in [-0.4, -0.2) is 0 Å². The number of rotatable bonds is 4. The molecule has 2 unspecified atom stereocenters. The van der Waals surface area contributed by atoms with Crippen molar-refractivity contribution in [2.75, 3.05) is 0 Å². The van der Waals surface area contributed by atoms with Gasteiger partial charge in [0.05, 0.1) is 24.1 Å². The summed E-state index contributed by atoms with van der Waals surface area (Å²) >= 11 is 23.4. The molecule has 0 fully saturated rings. The Kier molecular flexibility index (Phi) is 7.31. The van der Waals surface area contributed by atoms with Gasteiger partial charge in [-0.2, -0.15) is 0 Å². The molecule has 4 heterocycles. The minimum atomic E-state index is 0.272. The third kappa shape index (κ3) is 4.57. The van der Waals surface area contributed by atoms with E-state index >= 15 is 0 Å². The molecule has 0 aliphatic carbocycles. The summed E-state index contributed by atoms with van der Waals surface area (Å²) in [4.78, 5) is 6.96. The average Bonchev–Trinajstić information content (AvgIpc) is 3.69. The zero-order valence-electron chi connectivity index (χ0n) is 19.4. The van der Waals surface area contributed by atoms with E-state index in [0.29, 0.717) is 5.25 Å². The predicted octanol–water partition coefficient (Wildman–Crippen LogP) is 13.6. The van der Waals surface area contributed by atoms with Crippen molar-refractivity contribution in [2.45, 2.75) is 15.0 Å². The Morgan fingerprint density at radius 1 is 0.658 bits per heavy atom. The first kappa shape index (κ1) is 26.2. The third-order valence-electron chi connectivity index (χ3n) is 6.56. The van der Waals surface area contributed by atoms with Crippen LogP contribution in [-0.2, 0) is 0 Å². The Labute approximate surface area is 271 Å². The highest BCUT2D eigenvalue weighted by molar-refractivity contribution is 9.11. The summed E-state index contributed by atoms with van der Waals surface area (Å²) in [7, 11) is 0. The SMILES string of the molecule is Brc1cc(C2Sc3cc(-c4ccccc4)sc3C2Br)c(Br)cc1-c1sc2cc(-c3ccccc3)sc2c1Br. The second-order valence-corrected chi connectivity index (χ2v) is 16.8. The summed E-state index contributed by atoms with van der Waals surface area (Å²) in [6, 6.07) is 30.5. The van der Waals surface area contributed by atoms with E-state index < -0.39 is 0 Å². The van der Waals surface area contributed by atoms with Crippen LogP contribution >= 0.6 is 109 Å². The number of halogens is 4. The van der Waals surface area contributed by atoms with Crippen molar-refractivity contribution >= 4 is 119 Å². The number of thiophene rings is 3. The molecule has 188 valence electrons. The number of hydrogen-bond acceptors (Lipinski definition) is 4. The summed E-state index contributed by atoms with van der Waals surface area (Å²) in [6.45, 7) is 0. The summed E-state index contributed by atoms with van der Waals surface area (Å²) in [6.07, 6.45) is 0. The van der Waals surface area contributed by atoms with Gasteiger partial charge in [0.15, 0.2) is 0 Å². The van der Waals surface area contributed by atoms with Gasteiger partial charge in [0, 0.05) is 38.7 Å². The lowest BCUT2D eigenvalue weighted by Crippen LogP contribution is -1.98. The van der Waals surface area contributed by atoms with E-state index in [1.165, 1.54) is 60.5 Å². The summed E-state index contributed by atoms with van der Waals surface area (Å²) < 4.78 is 6.06. The second kappa shape index (κ2) is 10.6. The zero-order chi connectivity index (χ0) is 26.0. The van der Waals surface area contributed by atoms with Crippen LogP contribution in [0.25, 0.3) is 40.7 Å². The molecule has 6 aromatic rings. The molecule has 3 aromatic carbocycles. The van der Waals surface area contributed by atoms with Gasteiger partial charge in [0.2, 0.25) is 0 Å². The van der Waals surface area contributed by atoms with Crippen molar-refractivity contribution in [3.05, 3.63) is 109 Å². The molecule has 1 aliphatic heterocycles. The Morgan fingerprint density at radius 2 is 1.32 bits per heavy atom. The molecule has 7 rings (SSSR count). The molecule has 2 atom stereocenters. The molecule has 0 bridgehead atoms. The monoisotopic (exact) mass is 820 g/mol. The van der Waals surface area contributed by atoms with Gasteiger partial charge < -0.3 is 0 Å². The summed E-state index contributed by atoms with van der Waals surface area (Å²) in [5.74, 6) is 0. The van der Waals surface area contributed by atoms with E-state index in [0.717, 1.165) is 8.95 Å². The number of fused-ring (bicyclic) bond motifs is 2. The second-order valence-electron chi connectivity index (χ2n) is 8.91. The minimum Gasteiger partial charge on any atom is -0.138 e. The van der Waals surface area contributed by atoms with Crippen LogP contribution in [0.3, 0.4) is 0 Å². The van der Waals surface area contributed by atoms with Gasteiger partial charge in [-0.25, -0.2) is 0 Å². The van der Waals surface area contributed by atoms with Gasteiger partial charge in [-0.1, -0.05) is 108 Å². The maximum Gasteiger partial charge on any atom is 0.0663 e. The van der Waals surface area contributed by atoms with E-state index in [9.17, 15) is 0 Å². The number of benzene rings is 3. The van der Waals surface area contributed by atoms with Crippen LogP contribution in [0.4, 0.5) is 0 Å². The molecule has 3 aromatic heterocycles. The standard InChI is InChI=1S/C30H16Br4S4/c31-19-12-18(28-26(34)30-24(38-28)14-22(36-30)16-9-5-2-6-10-16)20(32)11-17(19)27-25(33)29-23(37-27)13-21(35-29)15-7-3-1-4-8-15/h1-14,25,27H. The molecule has 0 spiro atoms. The van der Waals surface area contributed by atoms with E-state index in [-0.39, 0.29) is 4.83 Å². The molecule has 0 nitrogen and oxygen atoms in total. The first-order valence-electron chi connectivity index (χ1n) is 11.7. The van der Waals surface area contributed by atoms with Gasteiger partial charge in [-0.05, 0) is 56.9 Å². The fourth-order valence-electron chi connectivity index (χ4n) is 4.71. The zero-order valence-corrected chi connectivity index (χ0v) is 29.0. The van der Waals surface area contributed by atoms with Gasteiger partial charge >= 0.3 is 0 Å². The number of hydrogen-bond donors (Lipinski definition) is 0. The quantitative estimate of drug-likeness (QED) is 0.160. The van der Waals surface area contributed by atoms with Crippen LogP contribution in [0.15, 0.2) is 103 Å². The Morgan fingerprint density at radius 3 is 1.95 bits per heavy atom. The number of alkyl halides is 1. The molecule has 0 radical (unpaired) electrons. The first-order chi connectivity index (χ1) is 18.5. The topological polar surface area (TPSA) is 0 Å². The fourth-order valence-corrected chi connectivity index (χ4v) is 13.7. The van der Waals surface area contributed by atoms with Crippen molar-refractivity contribution in [1.82, 2.24) is 0 Å². The normalized spacial score (nSPS) is 16.8. The molecule has 0 saturated carbocycles. The largest absolute Gasteiger partial charge is 0.138 e. The van der Waals surface area contributed by atoms with Gasteiger partial charge in [-0.3, -0.25) is 0 Å².